The Hall–Kier alpha value is -1.62. The minimum Gasteiger partial charge on any atom is -0.487 e. The summed E-state index contributed by atoms with van der Waals surface area (Å²) in [6.07, 6.45) is 0.828. The van der Waals surface area contributed by atoms with Crippen molar-refractivity contribution in [2.75, 3.05) is 13.2 Å². The molecule has 0 aliphatic rings. The predicted molar refractivity (Wildman–Crippen MR) is 75.4 cm³/mol. The highest BCUT2D eigenvalue weighted by Gasteiger charge is 2.15. The van der Waals surface area contributed by atoms with Crippen LogP contribution in [0.15, 0.2) is 18.2 Å². The van der Waals surface area contributed by atoms with Crippen molar-refractivity contribution in [1.29, 1.82) is 0 Å². The van der Waals surface area contributed by atoms with Gasteiger partial charge in [-0.05, 0) is 30.5 Å². The molecule has 0 saturated carbocycles. The van der Waals surface area contributed by atoms with Gasteiger partial charge in [0.25, 0.3) is 0 Å². The van der Waals surface area contributed by atoms with Crippen molar-refractivity contribution in [3.63, 3.8) is 0 Å². The molecule has 106 valence electrons. The lowest BCUT2D eigenvalue weighted by molar-refractivity contribution is -0.385. The average Bonchev–Trinajstić information content (AvgIpc) is 2.36. The van der Waals surface area contributed by atoms with E-state index < -0.39 is 4.92 Å². The van der Waals surface area contributed by atoms with Crippen LogP contribution in [0.3, 0.4) is 0 Å². The molecule has 0 saturated heterocycles. The molecule has 0 aliphatic heterocycles. The summed E-state index contributed by atoms with van der Waals surface area (Å²) in [5, 5.41) is 14.3. The number of nitrogens with one attached hydrogen (secondary N) is 1. The molecule has 1 aromatic carbocycles. The maximum atomic E-state index is 11.0. The first-order valence-electron chi connectivity index (χ1n) is 6.65. The number of hydrogen-bond acceptors (Lipinski definition) is 4. The Kier molecular flexibility index (Phi) is 6.29. The third kappa shape index (κ3) is 5.26. The highest BCUT2D eigenvalue weighted by Crippen LogP contribution is 2.28. The first kappa shape index (κ1) is 15.4. The number of rotatable bonds is 8. The summed E-state index contributed by atoms with van der Waals surface area (Å²) in [5.74, 6) is 0.904. The number of nitrogens with zero attached hydrogens (tertiary/aromatic N) is 1. The summed E-state index contributed by atoms with van der Waals surface area (Å²) in [6, 6.07) is 5.13. The van der Waals surface area contributed by atoms with Gasteiger partial charge >= 0.3 is 5.69 Å². The molecule has 0 bridgehead atoms. The zero-order valence-corrected chi connectivity index (χ0v) is 11.8. The molecule has 1 N–H and O–H groups in total. The highest BCUT2D eigenvalue weighted by atomic mass is 16.6. The molecule has 0 unspecified atom stereocenters. The van der Waals surface area contributed by atoms with E-state index in [2.05, 4.69) is 19.2 Å². The second kappa shape index (κ2) is 7.74. The molecule has 1 rings (SSSR count). The second-order valence-corrected chi connectivity index (χ2v) is 4.93. The van der Waals surface area contributed by atoms with Gasteiger partial charge in [0.2, 0.25) is 0 Å². The molecule has 0 fully saturated rings. The maximum Gasteiger partial charge on any atom is 0.311 e. The van der Waals surface area contributed by atoms with Crippen LogP contribution in [0.5, 0.6) is 5.75 Å². The molecule has 0 heterocycles. The fourth-order valence-electron chi connectivity index (χ4n) is 1.65. The van der Waals surface area contributed by atoms with E-state index in [1.165, 1.54) is 0 Å². The van der Waals surface area contributed by atoms with Crippen LogP contribution in [0.2, 0.25) is 0 Å². The van der Waals surface area contributed by atoms with E-state index in [0.717, 1.165) is 18.5 Å². The van der Waals surface area contributed by atoms with Crippen LogP contribution in [-0.2, 0) is 6.54 Å². The predicted octanol–water partition coefficient (Wildman–Crippen LogP) is 3.13. The number of ether oxygens (including phenoxy) is 1. The summed E-state index contributed by atoms with van der Waals surface area (Å²) in [6.45, 7) is 8.23. The summed E-state index contributed by atoms with van der Waals surface area (Å²) in [7, 11) is 0. The molecule has 0 aromatic heterocycles. The molecule has 0 amide bonds. The Balaban J connectivity index is 2.75. The van der Waals surface area contributed by atoms with Gasteiger partial charge in [-0.1, -0.05) is 26.8 Å². The van der Waals surface area contributed by atoms with Gasteiger partial charge in [-0.2, -0.15) is 0 Å². The summed E-state index contributed by atoms with van der Waals surface area (Å²) in [5.41, 5.74) is 0.938. The third-order valence-corrected chi connectivity index (χ3v) is 2.56. The van der Waals surface area contributed by atoms with Crippen LogP contribution in [0.4, 0.5) is 5.69 Å². The fourth-order valence-corrected chi connectivity index (χ4v) is 1.65. The highest BCUT2D eigenvalue weighted by molar-refractivity contribution is 5.48. The van der Waals surface area contributed by atoms with E-state index in [-0.39, 0.29) is 5.69 Å². The van der Waals surface area contributed by atoms with Gasteiger partial charge < -0.3 is 10.1 Å². The number of nitro groups is 1. The van der Waals surface area contributed by atoms with Crippen molar-refractivity contribution in [3.8, 4) is 5.75 Å². The standard InChI is InChI=1S/C14H22N2O3/c1-4-7-19-14-6-5-12(8-13(14)16(17)18)10-15-9-11(2)3/h5-6,8,11,15H,4,7,9-10H2,1-3H3. The molecular formula is C14H22N2O3. The Morgan fingerprint density at radius 1 is 1.42 bits per heavy atom. The van der Waals surface area contributed by atoms with Gasteiger partial charge in [0.1, 0.15) is 0 Å². The SMILES string of the molecule is CCCOc1ccc(CNCC(C)C)cc1[N+](=O)[O-]. The normalized spacial score (nSPS) is 10.7. The van der Waals surface area contributed by atoms with Crippen molar-refractivity contribution in [2.45, 2.75) is 33.7 Å². The number of benzene rings is 1. The van der Waals surface area contributed by atoms with Crippen LogP contribution < -0.4 is 10.1 Å². The molecule has 0 atom stereocenters. The van der Waals surface area contributed by atoms with E-state index in [9.17, 15) is 10.1 Å². The van der Waals surface area contributed by atoms with E-state index in [1.54, 1.807) is 12.1 Å². The summed E-state index contributed by atoms with van der Waals surface area (Å²) < 4.78 is 5.38. The monoisotopic (exact) mass is 266 g/mol. The van der Waals surface area contributed by atoms with Gasteiger partial charge in [-0.15, -0.1) is 0 Å². The van der Waals surface area contributed by atoms with Gasteiger partial charge in [0.05, 0.1) is 11.5 Å². The molecule has 0 aliphatic carbocycles. The molecule has 5 heteroatoms. The van der Waals surface area contributed by atoms with Crippen LogP contribution in [0.25, 0.3) is 0 Å². The maximum absolute atomic E-state index is 11.0. The molecule has 1 aromatic rings. The van der Waals surface area contributed by atoms with E-state index in [4.69, 9.17) is 4.74 Å². The van der Waals surface area contributed by atoms with E-state index >= 15 is 0 Å². The smallest absolute Gasteiger partial charge is 0.311 e. The van der Waals surface area contributed by atoms with Crippen molar-refractivity contribution in [3.05, 3.63) is 33.9 Å². The van der Waals surface area contributed by atoms with Crippen molar-refractivity contribution >= 4 is 5.69 Å². The molecule has 0 spiro atoms. The minimum absolute atomic E-state index is 0.0392. The Bertz CT molecular complexity index is 419. The molecule has 0 radical (unpaired) electrons. The van der Waals surface area contributed by atoms with Crippen LogP contribution >= 0.6 is 0 Å². The van der Waals surface area contributed by atoms with Crippen molar-refractivity contribution in [2.24, 2.45) is 5.92 Å². The lowest BCUT2D eigenvalue weighted by Crippen LogP contribution is -2.19. The third-order valence-electron chi connectivity index (χ3n) is 2.56. The Morgan fingerprint density at radius 3 is 2.74 bits per heavy atom. The quantitative estimate of drug-likeness (QED) is 0.580. The van der Waals surface area contributed by atoms with E-state index in [0.29, 0.717) is 24.8 Å². The zero-order chi connectivity index (χ0) is 14.3. The van der Waals surface area contributed by atoms with E-state index in [1.807, 2.05) is 13.0 Å². The van der Waals surface area contributed by atoms with Gasteiger partial charge in [-0.25, -0.2) is 0 Å². The molecule has 19 heavy (non-hydrogen) atoms. The zero-order valence-electron chi connectivity index (χ0n) is 11.8. The first-order valence-corrected chi connectivity index (χ1v) is 6.65. The largest absolute Gasteiger partial charge is 0.487 e. The van der Waals surface area contributed by atoms with Gasteiger partial charge in [0.15, 0.2) is 5.75 Å². The summed E-state index contributed by atoms with van der Waals surface area (Å²) in [4.78, 5) is 10.6. The van der Waals surface area contributed by atoms with Crippen LogP contribution in [0, 0.1) is 16.0 Å². The second-order valence-electron chi connectivity index (χ2n) is 4.93. The topological polar surface area (TPSA) is 64.4 Å². The van der Waals surface area contributed by atoms with Crippen LogP contribution in [-0.4, -0.2) is 18.1 Å². The van der Waals surface area contributed by atoms with Crippen LogP contribution in [0.1, 0.15) is 32.8 Å². The van der Waals surface area contributed by atoms with Crippen molar-refractivity contribution < 1.29 is 9.66 Å². The van der Waals surface area contributed by atoms with Crippen molar-refractivity contribution in [1.82, 2.24) is 5.32 Å². The lowest BCUT2D eigenvalue weighted by atomic mass is 10.1. The van der Waals surface area contributed by atoms with Gasteiger partial charge in [0, 0.05) is 12.6 Å². The fraction of sp³-hybridized carbons (Fsp3) is 0.571. The summed E-state index contributed by atoms with van der Waals surface area (Å²) >= 11 is 0. The number of hydrogen-bond donors (Lipinski definition) is 1. The Morgan fingerprint density at radius 2 is 2.16 bits per heavy atom. The lowest BCUT2D eigenvalue weighted by Gasteiger charge is -2.09. The first-order chi connectivity index (χ1) is 9.04. The van der Waals surface area contributed by atoms with Gasteiger partial charge in [-0.3, -0.25) is 10.1 Å². The molecule has 5 nitrogen and oxygen atoms in total. The Labute approximate surface area is 114 Å². The number of nitro benzene ring substituents is 1. The minimum atomic E-state index is -0.392. The molecular weight excluding hydrogens is 244 g/mol. The average molecular weight is 266 g/mol.